The van der Waals surface area contributed by atoms with Crippen molar-refractivity contribution in [3.63, 3.8) is 0 Å². The Kier molecular flexibility index (Phi) is 3.68. The van der Waals surface area contributed by atoms with Gasteiger partial charge in [0.1, 0.15) is 18.0 Å². The molecule has 1 aliphatic rings. The highest BCUT2D eigenvalue weighted by atomic mass is 19.1. The van der Waals surface area contributed by atoms with Crippen LogP contribution in [0.4, 0.5) is 16.0 Å². The molecule has 122 valence electrons. The largest absolute Gasteiger partial charge is 0.369 e. The van der Waals surface area contributed by atoms with Crippen molar-refractivity contribution in [3.05, 3.63) is 48.2 Å². The minimum atomic E-state index is -0.284. The molecule has 0 saturated carbocycles. The van der Waals surface area contributed by atoms with Gasteiger partial charge in [0.15, 0.2) is 5.82 Å². The molecule has 0 aliphatic carbocycles. The first-order valence-corrected chi connectivity index (χ1v) is 7.88. The summed E-state index contributed by atoms with van der Waals surface area (Å²) < 4.78 is 13.5. The van der Waals surface area contributed by atoms with Gasteiger partial charge in [0, 0.05) is 30.9 Å². The molecule has 0 amide bonds. The molecule has 1 aliphatic heterocycles. The molecule has 1 saturated heterocycles. The second-order valence-electron chi connectivity index (χ2n) is 6.07. The molecule has 6 nitrogen and oxygen atoms in total. The molecule has 1 aromatic carbocycles. The van der Waals surface area contributed by atoms with E-state index in [4.69, 9.17) is 0 Å². The highest BCUT2D eigenvalue weighted by molar-refractivity contribution is 5.88. The third-order valence-corrected chi connectivity index (χ3v) is 4.22. The zero-order chi connectivity index (χ0) is 16.5. The highest BCUT2D eigenvalue weighted by Crippen LogP contribution is 2.24. The van der Waals surface area contributed by atoms with Crippen molar-refractivity contribution in [1.82, 2.24) is 20.2 Å². The van der Waals surface area contributed by atoms with E-state index in [1.54, 1.807) is 6.07 Å². The van der Waals surface area contributed by atoms with E-state index in [1.165, 1.54) is 18.5 Å². The van der Waals surface area contributed by atoms with Crippen molar-refractivity contribution in [2.24, 2.45) is 5.92 Å². The summed E-state index contributed by atoms with van der Waals surface area (Å²) in [5, 5.41) is 12.3. The molecular formula is C17H17FN6. The first kappa shape index (κ1) is 14.7. The molecule has 4 rings (SSSR count). The molecule has 0 spiro atoms. The first-order valence-electron chi connectivity index (χ1n) is 7.88. The zero-order valence-corrected chi connectivity index (χ0v) is 13.3. The average Bonchev–Trinajstić information content (AvgIpc) is 2.55. The van der Waals surface area contributed by atoms with Crippen molar-refractivity contribution in [2.45, 2.75) is 6.92 Å². The fraction of sp³-hybridized carbons (Fsp3) is 0.294. The molecule has 0 atom stereocenters. The van der Waals surface area contributed by atoms with E-state index in [1.807, 2.05) is 19.1 Å². The number of hydrogen-bond donors (Lipinski definition) is 1. The molecule has 0 bridgehead atoms. The van der Waals surface area contributed by atoms with E-state index >= 15 is 0 Å². The van der Waals surface area contributed by atoms with Gasteiger partial charge in [-0.15, -0.1) is 5.10 Å². The van der Waals surface area contributed by atoms with Crippen LogP contribution in [0.1, 0.15) is 5.69 Å². The van der Waals surface area contributed by atoms with Gasteiger partial charge < -0.3 is 10.2 Å². The van der Waals surface area contributed by atoms with E-state index < -0.39 is 0 Å². The zero-order valence-electron chi connectivity index (χ0n) is 13.3. The van der Waals surface area contributed by atoms with Gasteiger partial charge in [-0.05, 0) is 37.3 Å². The minimum Gasteiger partial charge on any atom is -0.369 e. The van der Waals surface area contributed by atoms with Crippen LogP contribution in [-0.2, 0) is 0 Å². The van der Waals surface area contributed by atoms with Crippen LogP contribution in [0.3, 0.4) is 0 Å². The Bertz CT molecular complexity index is 861. The monoisotopic (exact) mass is 324 g/mol. The number of nitrogens with zero attached hydrogens (tertiary/aromatic N) is 5. The molecule has 1 fully saturated rings. The van der Waals surface area contributed by atoms with Gasteiger partial charge in [-0.3, -0.25) is 0 Å². The maximum absolute atomic E-state index is 13.5. The molecule has 3 aromatic rings. The number of aromatic nitrogens is 4. The highest BCUT2D eigenvalue weighted by Gasteiger charge is 2.27. The van der Waals surface area contributed by atoms with E-state index in [0.717, 1.165) is 36.7 Å². The van der Waals surface area contributed by atoms with Crippen LogP contribution in [0.2, 0.25) is 0 Å². The van der Waals surface area contributed by atoms with Gasteiger partial charge in [-0.1, -0.05) is 0 Å². The van der Waals surface area contributed by atoms with Crippen LogP contribution in [-0.4, -0.2) is 39.8 Å². The number of halogens is 1. The van der Waals surface area contributed by atoms with E-state index in [9.17, 15) is 4.39 Å². The quantitative estimate of drug-likeness (QED) is 0.795. The van der Waals surface area contributed by atoms with Gasteiger partial charge in [0.2, 0.25) is 0 Å². The molecular weight excluding hydrogens is 307 g/mol. The molecule has 1 N–H and O–H groups in total. The number of benzene rings is 1. The first-order chi connectivity index (χ1) is 11.7. The second-order valence-corrected chi connectivity index (χ2v) is 6.07. The van der Waals surface area contributed by atoms with Crippen molar-refractivity contribution < 1.29 is 4.39 Å². The summed E-state index contributed by atoms with van der Waals surface area (Å²) in [7, 11) is 0. The topological polar surface area (TPSA) is 66.8 Å². The predicted molar refractivity (Wildman–Crippen MR) is 90.5 cm³/mol. The number of nitrogens with one attached hydrogen (secondary N) is 1. The summed E-state index contributed by atoms with van der Waals surface area (Å²) in [5.41, 5.74) is 1.65. The summed E-state index contributed by atoms with van der Waals surface area (Å²) in [5.74, 6) is 1.79. The van der Waals surface area contributed by atoms with Crippen molar-refractivity contribution in [1.29, 1.82) is 0 Å². The number of hydrogen-bond acceptors (Lipinski definition) is 6. The molecule has 2 aromatic heterocycles. The summed E-state index contributed by atoms with van der Waals surface area (Å²) in [4.78, 5) is 10.6. The maximum atomic E-state index is 13.5. The van der Waals surface area contributed by atoms with Gasteiger partial charge in [-0.2, -0.15) is 5.10 Å². The summed E-state index contributed by atoms with van der Waals surface area (Å²) >= 11 is 0. The third-order valence-electron chi connectivity index (χ3n) is 4.22. The molecule has 24 heavy (non-hydrogen) atoms. The van der Waals surface area contributed by atoms with Crippen LogP contribution in [0.25, 0.3) is 10.9 Å². The Balaban J connectivity index is 1.39. The fourth-order valence-corrected chi connectivity index (χ4v) is 2.86. The lowest BCUT2D eigenvalue weighted by atomic mass is 10.00. The lowest BCUT2D eigenvalue weighted by Crippen LogP contribution is -2.50. The molecule has 7 heteroatoms. The van der Waals surface area contributed by atoms with Gasteiger partial charge in [-0.25, -0.2) is 14.4 Å². The van der Waals surface area contributed by atoms with Crippen LogP contribution in [0.5, 0.6) is 0 Å². The lowest BCUT2D eigenvalue weighted by molar-refractivity contribution is 0.425. The Morgan fingerprint density at radius 3 is 2.83 bits per heavy atom. The van der Waals surface area contributed by atoms with E-state index in [2.05, 4.69) is 30.4 Å². The van der Waals surface area contributed by atoms with E-state index in [0.29, 0.717) is 17.1 Å². The molecule has 0 unspecified atom stereocenters. The lowest BCUT2D eigenvalue weighted by Gasteiger charge is -2.40. The minimum absolute atomic E-state index is 0.284. The number of anilines is 2. The third kappa shape index (κ3) is 2.84. The predicted octanol–water partition coefficient (Wildman–Crippen LogP) is 2.42. The Labute approximate surface area is 138 Å². The fourth-order valence-electron chi connectivity index (χ4n) is 2.86. The van der Waals surface area contributed by atoms with Crippen molar-refractivity contribution in [2.75, 3.05) is 29.9 Å². The van der Waals surface area contributed by atoms with Gasteiger partial charge in [0.25, 0.3) is 0 Å². The number of rotatable bonds is 4. The smallest absolute Gasteiger partial charge is 0.151 e. The Morgan fingerprint density at radius 2 is 2.04 bits per heavy atom. The molecule has 0 radical (unpaired) electrons. The maximum Gasteiger partial charge on any atom is 0.151 e. The van der Waals surface area contributed by atoms with Crippen molar-refractivity contribution >= 4 is 22.5 Å². The van der Waals surface area contributed by atoms with Crippen LogP contribution < -0.4 is 10.2 Å². The van der Waals surface area contributed by atoms with Crippen molar-refractivity contribution in [3.8, 4) is 0 Å². The SMILES string of the molecule is Cc1ccc(N2CC(CNc3ncnc4ccc(F)cc34)C2)nn1. The molecule has 3 heterocycles. The average molecular weight is 324 g/mol. The van der Waals surface area contributed by atoms with Gasteiger partial charge in [0.05, 0.1) is 11.2 Å². The van der Waals surface area contributed by atoms with Crippen LogP contribution >= 0.6 is 0 Å². The second kappa shape index (κ2) is 5.99. The summed E-state index contributed by atoms with van der Waals surface area (Å²) in [6, 6.07) is 8.50. The number of aryl methyl sites for hydroxylation is 1. The van der Waals surface area contributed by atoms with Gasteiger partial charge >= 0.3 is 0 Å². The Morgan fingerprint density at radius 1 is 1.17 bits per heavy atom. The van der Waals surface area contributed by atoms with E-state index in [-0.39, 0.29) is 5.82 Å². The number of fused-ring (bicyclic) bond motifs is 1. The Hall–Kier alpha value is -2.83. The van der Waals surface area contributed by atoms with Crippen LogP contribution in [0.15, 0.2) is 36.7 Å². The summed E-state index contributed by atoms with van der Waals surface area (Å²) in [6.45, 7) is 4.54. The summed E-state index contributed by atoms with van der Waals surface area (Å²) in [6.07, 6.45) is 1.50. The van der Waals surface area contributed by atoms with Crippen LogP contribution in [0, 0.1) is 18.7 Å². The standard InChI is InChI=1S/C17H17FN6/c1-11-2-5-16(23-22-11)24-8-12(9-24)7-19-17-14-6-13(18)3-4-15(14)20-10-21-17/h2-6,10,12H,7-9H2,1H3,(H,19,20,21). The normalized spacial score (nSPS) is 14.7.